The normalized spacial score (nSPS) is 16.5. The molecule has 0 amide bonds. The van der Waals surface area contributed by atoms with Gasteiger partial charge in [0.1, 0.15) is 16.9 Å². The van der Waals surface area contributed by atoms with Gasteiger partial charge in [-0.15, -0.1) is 5.10 Å². The third-order valence-electron chi connectivity index (χ3n) is 6.35. The minimum absolute atomic E-state index is 0.145. The number of anilines is 1. The molecule has 0 atom stereocenters. The highest BCUT2D eigenvalue weighted by atomic mass is 16.1. The summed E-state index contributed by atoms with van der Waals surface area (Å²) < 4.78 is 1.53. The lowest BCUT2D eigenvalue weighted by molar-refractivity contribution is 0.0951. The van der Waals surface area contributed by atoms with Crippen molar-refractivity contribution >= 4 is 34.0 Å². The summed E-state index contributed by atoms with van der Waals surface area (Å²) in [7, 11) is 0. The summed E-state index contributed by atoms with van der Waals surface area (Å²) in [5.41, 5.74) is 4.07. The van der Waals surface area contributed by atoms with Crippen LogP contribution in [0.3, 0.4) is 0 Å². The van der Waals surface area contributed by atoms with Crippen LogP contribution in [0.4, 0.5) is 5.69 Å². The van der Waals surface area contributed by atoms with Crippen LogP contribution in [0.15, 0.2) is 84.6 Å². The number of hydrogen-bond acceptors (Lipinski definition) is 6. The van der Waals surface area contributed by atoms with Gasteiger partial charge >= 0.3 is 0 Å². The average Bonchev–Trinajstić information content (AvgIpc) is 3.30. The van der Waals surface area contributed by atoms with Gasteiger partial charge in [-0.25, -0.2) is 4.68 Å². The van der Waals surface area contributed by atoms with Gasteiger partial charge in [0.25, 0.3) is 0 Å². The summed E-state index contributed by atoms with van der Waals surface area (Å²) in [6.45, 7) is 2.76. The van der Waals surface area contributed by atoms with E-state index in [-0.39, 0.29) is 17.3 Å². The Kier molecular flexibility index (Phi) is 4.54. The summed E-state index contributed by atoms with van der Waals surface area (Å²) in [6.07, 6.45) is 0. The number of para-hydroxylation sites is 2. The number of rotatable bonds is 3. The second-order valence-electron chi connectivity index (χ2n) is 8.20. The van der Waals surface area contributed by atoms with E-state index in [2.05, 4.69) is 27.3 Å². The first-order chi connectivity index (χ1) is 16.2. The molecule has 0 saturated carbocycles. The van der Waals surface area contributed by atoms with E-state index in [1.165, 1.54) is 4.68 Å². The molecule has 0 spiro atoms. The molecular weight excluding hydrogens is 414 g/mol. The smallest absolute Gasteiger partial charge is 0.214 e. The van der Waals surface area contributed by atoms with Gasteiger partial charge in [-0.3, -0.25) is 9.59 Å². The third kappa shape index (κ3) is 3.12. The standard InChI is InChI=1S/C26H21N5O2/c32-25-19-10-4-5-11-20(19)26(33)24(31-22-13-7-6-12-21(22)27-28-31)23(25)30-16-14-29(15-17-30)18-8-2-1-3-9-18/h1-13H,14-17H2. The van der Waals surface area contributed by atoms with Gasteiger partial charge in [-0.2, -0.15) is 0 Å². The molecule has 162 valence electrons. The second kappa shape index (κ2) is 7.70. The molecule has 0 unspecified atom stereocenters. The largest absolute Gasteiger partial charge is 0.368 e. The Morgan fingerprint density at radius 3 is 1.91 bits per heavy atom. The number of Topliss-reactive ketones (excluding diaryl/α,β-unsaturated/α-hetero) is 2. The van der Waals surface area contributed by atoms with Crippen LogP contribution in [-0.2, 0) is 0 Å². The molecule has 0 radical (unpaired) electrons. The number of ketones is 2. The first kappa shape index (κ1) is 19.4. The van der Waals surface area contributed by atoms with Crippen molar-refractivity contribution in [3.05, 3.63) is 95.7 Å². The van der Waals surface area contributed by atoms with Crippen LogP contribution < -0.4 is 4.90 Å². The lowest BCUT2D eigenvalue weighted by atomic mass is 9.89. The molecule has 1 aliphatic heterocycles. The molecule has 7 nitrogen and oxygen atoms in total. The Morgan fingerprint density at radius 2 is 1.18 bits per heavy atom. The number of nitrogens with zero attached hydrogens (tertiary/aromatic N) is 5. The van der Waals surface area contributed by atoms with Gasteiger partial charge in [-0.1, -0.05) is 59.8 Å². The predicted octanol–water partition coefficient (Wildman–Crippen LogP) is 3.50. The highest BCUT2D eigenvalue weighted by Crippen LogP contribution is 2.33. The van der Waals surface area contributed by atoms with Crippen molar-refractivity contribution in [2.45, 2.75) is 0 Å². The Labute approximate surface area is 190 Å². The van der Waals surface area contributed by atoms with E-state index in [0.717, 1.165) is 18.8 Å². The first-order valence-electron chi connectivity index (χ1n) is 11.0. The maximum Gasteiger partial charge on any atom is 0.214 e. The van der Waals surface area contributed by atoms with Crippen LogP contribution in [0.2, 0.25) is 0 Å². The zero-order chi connectivity index (χ0) is 22.4. The Morgan fingerprint density at radius 1 is 0.606 bits per heavy atom. The molecule has 1 saturated heterocycles. The number of aromatic nitrogens is 3. The lowest BCUT2D eigenvalue weighted by Gasteiger charge is -2.39. The number of piperazine rings is 1. The zero-order valence-corrected chi connectivity index (χ0v) is 17.9. The Balaban J connectivity index is 1.46. The van der Waals surface area contributed by atoms with Crippen molar-refractivity contribution in [2.24, 2.45) is 0 Å². The topological polar surface area (TPSA) is 71.3 Å². The number of allylic oxidation sites excluding steroid dienone is 2. The van der Waals surface area contributed by atoms with Gasteiger partial charge in [0.15, 0.2) is 0 Å². The average molecular weight is 435 g/mol. The van der Waals surface area contributed by atoms with Gasteiger partial charge in [0.2, 0.25) is 11.6 Å². The van der Waals surface area contributed by atoms with Crippen LogP contribution in [0.5, 0.6) is 0 Å². The van der Waals surface area contributed by atoms with E-state index in [1.807, 2.05) is 47.4 Å². The molecule has 2 aliphatic rings. The van der Waals surface area contributed by atoms with Crippen molar-refractivity contribution in [1.82, 2.24) is 19.9 Å². The molecule has 1 aromatic heterocycles. The van der Waals surface area contributed by atoms with E-state index >= 15 is 0 Å². The number of carbonyl (C=O) groups excluding carboxylic acids is 2. The number of benzene rings is 3. The van der Waals surface area contributed by atoms with E-state index in [4.69, 9.17) is 0 Å². The molecule has 33 heavy (non-hydrogen) atoms. The summed E-state index contributed by atoms with van der Waals surface area (Å²) in [5, 5.41) is 8.51. The fourth-order valence-corrected chi connectivity index (χ4v) is 4.70. The molecule has 1 aliphatic carbocycles. The van der Waals surface area contributed by atoms with Gasteiger partial charge < -0.3 is 9.80 Å². The third-order valence-corrected chi connectivity index (χ3v) is 6.35. The minimum atomic E-state index is -0.207. The summed E-state index contributed by atoms with van der Waals surface area (Å²) >= 11 is 0. The van der Waals surface area contributed by atoms with Crippen molar-refractivity contribution in [3.8, 4) is 0 Å². The predicted molar refractivity (Wildman–Crippen MR) is 126 cm³/mol. The SMILES string of the molecule is O=C1C(N2CCN(c3ccccc3)CC2)=C(n2nnc3ccccc32)C(=O)c2ccccc21. The molecule has 7 heteroatoms. The van der Waals surface area contributed by atoms with Gasteiger partial charge in [-0.05, 0) is 24.3 Å². The van der Waals surface area contributed by atoms with Crippen molar-refractivity contribution in [3.63, 3.8) is 0 Å². The number of carbonyl (C=O) groups is 2. The first-order valence-corrected chi connectivity index (χ1v) is 11.0. The lowest BCUT2D eigenvalue weighted by Crippen LogP contribution is -2.48. The number of fused-ring (bicyclic) bond motifs is 2. The van der Waals surface area contributed by atoms with Crippen molar-refractivity contribution < 1.29 is 9.59 Å². The van der Waals surface area contributed by atoms with E-state index in [1.54, 1.807) is 24.3 Å². The van der Waals surface area contributed by atoms with Crippen LogP contribution in [-0.4, -0.2) is 57.6 Å². The van der Waals surface area contributed by atoms with E-state index in [9.17, 15) is 9.59 Å². The van der Waals surface area contributed by atoms with Crippen LogP contribution >= 0.6 is 0 Å². The molecule has 4 aromatic rings. The quantitative estimate of drug-likeness (QED) is 0.491. The minimum Gasteiger partial charge on any atom is -0.368 e. The highest BCUT2D eigenvalue weighted by Gasteiger charge is 2.38. The Bertz CT molecular complexity index is 1410. The summed E-state index contributed by atoms with van der Waals surface area (Å²) in [6, 6.07) is 24.7. The summed E-state index contributed by atoms with van der Waals surface area (Å²) in [4.78, 5) is 31.8. The molecular formula is C26H21N5O2. The molecule has 1 fully saturated rings. The highest BCUT2D eigenvalue weighted by molar-refractivity contribution is 6.37. The monoisotopic (exact) mass is 435 g/mol. The molecule has 2 heterocycles. The molecule has 6 rings (SSSR count). The zero-order valence-electron chi connectivity index (χ0n) is 17.9. The van der Waals surface area contributed by atoms with E-state index in [0.29, 0.717) is 40.9 Å². The van der Waals surface area contributed by atoms with Gasteiger partial charge in [0.05, 0.1) is 5.52 Å². The summed E-state index contributed by atoms with van der Waals surface area (Å²) in [5.74, 6) is -0.353. The molecule has 0 bridgehead atoms. The fraction of sp³-hybridized carbons (Fsp3) is 0.154. The second-order valence-corrected chi connectivity index (χ2v) is 8.20. The van der Waals surface area contributed by atoms with Crippen LogP contribution in [0, 0.1) is 0 Å². The van der Waals surface area contributed by atoms with Crippen LogP contribution in [0.25, 0.3) is 16.7 Å². The van der Waals surface area contributed by atoms with E-state index < -0.39 is 0 Å². The number of hydrogen-bond donors (Lipinski definition) is 0. The van der Waals surface area contributed by atoms with Crippen molar-refractivity contribution in [1.29, 1.82) is 0 Å². The maximum atomic E-state index is 13.7. The van der Waals surface area contributed by atoms with Crippen molar-refractivity contribution in [2.75, 3.05) is 31.1 Å². The fourth-order valence-electron chi connectivity index (χ4n) is 4.70. The molecule has 0 N–H and O–H groups in total. The van der Waals surface area contributed by atoms with Gasteiger partial charge in [0, 0.05) is 43.0 Å². The maximum absolute atomic E-state index is 13.7. The Hall–Kier alpha value is -4.26. The molecule has 3 aromatic carbocycles. The van der Waals surface area contributed by atoms with Crippen LogP contribution in [0.1, 0.15) is 20.7 Å².